The van der Waals surface area contributed by atoms with Gasteiger partial charge < -0.3 is 10.2 Å². The largest absolute Gasteiger partial charge is 0.378 e. The third-order valence-corrected chi connectivity index (χ3v) is 5.45. The third-order valence-electron chi connectivity index (χ3n) is 4.92. The lowest BCUT2D eigenvalue weighted by atomic mass is 9.64. The van der Waals surface area contributed by atoms with E-state index in [0.717, 1.165) is 40.5 Å². The molecule has 0 aliphatic heterocycles. The number of halogens is 1. The molecule has 0 spiro atoms. The van der Waals surface area contributed by atoms with Crippen LogP contribution in [0.3, 0.4) is 0 Å². The maximum absolute atomic E-state index is 12.9. The van der Waals surface area contributed by atoms with Gasteiger partial charge in [0.05, 0.1) is 5.41 Å². The summed E-state index contributed by atoms with van der Waals surface area (Å²) in [6.07, 6.45) is 2.97. The number of carbonyl (C=O) groups excluding carboxylic acids is 1. The molecule has 24 heavy (non-hydrogen) atoms. The second kappa shape index (κ2) is 6.98. The fraction of sp³-hybridized carbons (Fsp3) is 0.350. The summed E-state index contributed by atoms with van der Waals surface area (Å²) in [5.41, 5.74) is 3.05. The fourth-order valence-electron chi connectivity index (χ4n) is 3.24. The summed E-state index contributed by atoms with van der Waals surface area (Å²) >= 11 is 3.46. The van der Waals surface area contributed by atoms with Crippen LogP contribution in [0.4, 0.5) is 5.69 Å². The minimum absolute atomic E-state index is 0.145. The van der Waals surface area contributed by atoms with Crippen molar-refractivity contribution in [2.45, 2.75) is 31.2 Å². The van der Waals surface area contributed by atoms with E-state index in [1.54, 1.807) is 0 Å². The molecule has 1 aliphatic rings. The smallest absolute Gasteiger partial charge is 0.230 e. The zero-order valence-corrected chi connectivity index (χ0v) is 15.8. The van der Waals surface area contributed by atoms with Crippen LogP contribution in [0.25, 0.3) is 0 Å². The second-order valence-electron chi connectivity index (χ2n) is 6.69. The van der Waals surface area contributed by atoms with E-state index in [-0.39, 0.29) is 11.3 Å². The zero-order valence-electron chi connectivity index (χ0n) is 14.2. The first-order chi connectivity index (χ1) is 11.5. The van der Waals surface area contributed by atoms with E-state index < -0.39 is 0 Å². The number of rotatable bonds is 5. The molecule has 3 rings (SSSR count). The Balaban J connectivity index is 1.71. The molecule has 0 bridgehead atoms. The first-order valence-corrected chi connectivity index (χ1v) is 9.11. The predicted molar refractivity (Wildman–Crippen MR) is 102 cm³/mol. The topological polar surface area (TPSA) is 32.3 Å². The molecule has 2 aromatic rings. The van der Waals surface area contributed by atoms with Gasteiger partial charge in [-0.3, -0.25) is 4.79 Å². The van der Waals surface area contributed by atoms with Gasteiger partial charge in [0.2, 0.25) is 5.91 Å². The molecule has 1 amide bonds. The Labute approximate surface area is 152 Å². The lowest BCUT2D eigenvalue weighted by molar-refractivity contribution is -0.130. The van der Waals surface area contributed by atoms with Crippen LogP contribution in [0.1, 0.15) is 30.4 Å². The Hall–Kier alpha value is -1.81. The molecule has 0 saturated heterocycles. The fourth-order valence-corrected chi connectivity index (χ4v) is 3.51. The highest BCUT2D eigenvalue weighted by Gasteiger charge is 2.45. The van der Waals surface area contributed by atoms with Gasteiger partial charge >= 0.3 is 0 Å². The van der Waals surface area contributed by atoms with Crippen molar-refractivity contribution >= 4 is 27.5 Å². The zero-order chi connectivity index (χ0) is 17.2. The van der Waals surface area contributed by atoms with Crippen molar-refractivity contribution in [2.24, 2.45) is 0 Å². The summed E-state index contributed by atoms with van der Waals surface area (Å²) in [7, 11) is 4.04. The average molecular weight is 387 g/mol. The van der Waals surface area contributed by atoms with Crippen molar-refractivity contribution in [1.82, 2.24) is 5.32 Å². The normalized spacial score (nSPS) is 15.5. The summed E-state index contributed by atoms with van der Waals surface area (Å²) < 4.78 is 1.04. The van der Waals surface area contributed by atoms with Gasteiger partial charge in [0.25, 0.3) is 0 Å². The van der Waals surface area contributed by atoms with Crippen LogP contribution in [0.2, 0.25) is 0 Å². The summed E-state index contributed by atoms with van der Waals surface area (Å²) in [6.45, 7) is 0.568. The molecule has 0 aromatic heterocycles. The predicted octanol–water partition coefficient (Wildman–Crippen LogP) is 4.25. The molecule has 1 N–H and O–H groups in total. The van der Waals surface area contributed by atoms with Gasteiger partial charge in [-0.25, -0.2) is 0 Å². The molecule has 2 aromatic carbocycles. The Morgan fingerprint density at radius 2 is 1.88 bits per heavy atom. The molecule has 0 heterocycles. The van der Waals surface area contributed by atoms with Crippen molar-refractivity contribution in [3.8, 4) is 0 Å². The van der Waals surface area contributed by atoms with Gasteiger partial charge in [-0.15, -0.1) is 0 Å². The Morgan fingerprint density at radius 3 is 2.46 bits per heavy atom. The Morgan fingerprint density at radius 1 is 1.17 bits per heavy atom. The molecule has 1 saturated carbocycles. The quantitative estimate of drug-likeness (QED) is 0.832. The number of anilines is 1. The minimum Gasteiger partial charge on any atom is -0.378 e. The summed E-state index contributed by atoms with van der Waals surface area (Å²) in [4.78, 5) is 15.0. The minimum atomic E-state index is -0.347. The van der Waals surface area contributed by atoms with Crippen molar-refractivity contribution in [1.29, 1.82) is 0 Å². The van der Waals surface area contributed by atoms with Crippen LogP contribution in [0.5, 0.6) is 0 Å². The number of nitrogens with one attached hydrogen (secondary N) is 1. The number of amides is 1. The molecule has 0 atom stereocenters. The summed E-state index contributed by atoms with van der Waals surface area (Å²) in [6, 6.07) is 16.4. The molecular weight excluding hydrogens is 364 g/mol. The lowest BCUT2D eigenvalue weighted by Crippen LogP contribution is -2.48. The van der Waals surface area contributed by atoms with Crippen molar-refractivity contribution in [3.05, 3.63) is 64.1 Å². The Bertz CT molecular complexity index is 721. The number of benzene rings is 2. The first-order valence-electron chi connectivity index (χ1n) is 8.32. The highest BCUT2D eigenvalue weighted by atomic mass is 79.9. The van der Waals surface area contributed by atoms with E-state index in [2.05, 4.69) is 56.5 Å². The first kappa shape index (κ1) is 17.0. The van der Waals surface area contributed by atoms with E-state index >= 15 is 0 Å². The van der Waals surface area contributed by atoms with Gasteiger partial charge in [-0.2, -0.15) is 0 Å². The molecule has 0 unspecified atom stereocenters. The number of nitrogens with zero attached hydrogens (tertiary/aromatic N) is 1. The molecule has 126 valence electrons. The lowest BCUT2D eigenvalue weighted by Gasteiger charge is -2.40. The summed E-state index contributed by atoms with van der Waals surface area (Å²) in [5.74, 6) is 0.145. The molecule has 4 heteroatoms. The van der Waals surface area contributed by atoms with Gasteiger partial charge in [0, 0.05) is 30.8 Å². The van der Waals surface area contributed by atoms with Crippen LogP contribution in [0.15, 0.2) is 53.0 Å². The molecule has 1 fully saturated rings. The van der Waals surface area contributed by atoms with E-state index in [1.165, 1.54) is 0 Å². The maximum atomic E-state index is 12.9. The van der Waals surface area contributed by atoms with E-state index in [4.69, 9.17) is 0 Å². The highest BCUT2D eigenvalue weighted by Crippen LogP contribution is 2.44. The number of hydrogen-bond donors (Lipinski definition) is 1. The molecular formula is C20H23BrN2O. The van der Waals surface area contributed by atoms with Gasteiger partial charge in [0.1, 0.15) is 0 Å². The molecule has 1 aliphatic carbocycles. The van der Waals surface area contributed by atoms with E-state index in [0.29, 0.717) is 6.54 Å². The second-order valence-corrected chi connectivity index (χ2v) is 7.61. The monoisotopic (exact) mass is 386 g/mol. The van der Waals surface area contributed by atoms with Crippen LogP contribution in [-0.2, 0) is 16.8 Å². The number of carbonyl (C=O) groups is 1. The molecule has 0 radical (unpaired) electrons. The van der Waals surface area contributed by atoms with Gasteiger partial charge in [-0.05, 0) is 48.2 Å². The van der Waals surface area contributed by atoms with E-state index in [1.807, 2.05) is 32.3 Å². The van der Waals surface area contributed by atoms with Gasteiger partial charge in [-0.1, -0.05) is 46.6 Å². The average Bonchev–Trinajstić information content (AvgIpc) is 2.54. The maximum Gasteiger partial charge on any atom is 0.230 e. The van der Waals surface area contributed by atoms with Crippen molar-refractivity contribution in [2.75, 3.05) is 19.0 Å². The number of hydrogen-bond acceptors (Lipinski definition) is 2. The van der Waals surface area contributed by atoms with Crippen molar-refractivity contribution in [3.63, 3.8) is 0 Å². The van der Waals surface area contributed by atoms with E-state index in [9.17, 15) is 4.79 Å². The third kappa shape index (κ3) is 3.34. The van der Waals surface area contributed by atoms with Crippen LogP contribution in [0, 0.1) is 0 Å². The SMILES string of the molecule is CN(C)c1cccc(CNC(=O)C2(c3ccc(Br)cc3)CCC2)c1. The summed E-state index contributed by atoms with van der Waals surface area (Å²) in [5, 5.41) is 3.15. The highest BCUT2D eigenvalue weighted by molar-refractivity contribution is 9.10. The van der Waals surface area contributed by atoms with Crippen LogP contribution < -0.4 is 10.2 Å². The van der Waals surface area contributed by atoms with Crippen LogP contribution in [-0.4, -0.2) is 20.0 Å². The van der Waals surface area contributed by atoms with Crippen LogP contribution >= 0.6 is 15.9 Å². The molecule has 3 nitrogen and oxygen atoms in total. The standard InChI is InChI=1S/C20H23BrN2O/c1-23(2)18-6-3-5-15(13-18)14-22-19(24)20(11-4-12-20)16-7-9-17(21)10-8-16/h3,5-10,13H,4,11-12,14H2,1-2H3,(H,22,24). The van der Waals surface area contributed by atoms with Crippen molar-refractivity contribution < 1.29 is 4.79 Å². The Kier molecular flexibility index (Phi) is 4.95. The van der Waals surface area contributed by atoms with Gasteiger partial charge in [0.15, 0.2) is 0 Å².